The second-order valence-electron chi connectivity index (χ2n) is 7.12. The number of aryl methyl sites for hydroxylation is 1. The Morgan fingerprint density at radius 3 is 2.68 bits per heavy atom. The molecule has 0 unspecified atom stereocenters. The second-order valence-corrected chi connectivity index (χ2v) is 7.12. The van der Waals surface area contributed by atoms with Gasteiger partial charge in [-0.05, 0) is 25.5 Å². The van der Waals surface area contributed by atoms with Crippen LogP contribution >= 0.6 is 0 Å². The minimum Gasteiger partial charge on any atom is -0.369 e. The van der Waals surface area contributed by atoms with Crippen molar-refractivity contribution < 1.29 is 4.52 Å². The molecule has 0 N–H and O–H groups in total. The van der Waals surface area contributed by atoms with Crippen LogP contribution in [0.5, 0.6) is 0 Å². The summed E-state index contributed by atoms with van der Waals surface area (Å²) < 4.78 is 5.48. The summed E-state index contributed by atoms with van der Waals surface area (Å²) in [5.74, 6) is 1.27. The number of aromatic nitrogens is 2. The third kappa shape index (κ3) is 4.05. The highest BCUT2D eigenvalue weighted by atomic mass is 16.5. The fourth-order valence-electron chi connectivity index (χ4n) is 3.54. The molecule has 28 heavy (non-hydrogen) atoms. The van der Waals surface area contributed by atoms with E-state index in [0.717, 1.165) is 49.4 Å². The van der Waals surface area contributed by atoms with E-state index >= 15 is 0 Å². The Kier molecular flexibility index (Phi) is 5.36. The van der Waals surface area contributed by atoms with Crippen molar-refractivity contribution in [3.63, 3.8) is 0 Å². The molecule has 1 aromatic heterocycles. The van der Waals surface area contributed by atoms with Crippen molar-refractivity contribution >= 4 is 5.69 Å². The van der Waals surface area contributed by atoms with Crippen LogP contribution in [0.4, 0.5) is 5.69 Å². The standard InChI is InChI=1S/C22H23N5O/c1-17-7-9-18(10-8-17)22-24-21(28-25-22)16-26-11-4-12-27(14-13-26)20-6-3-2-5-19(20)15-23/h2-3,5-10H,4,11-14,16H2,1H3. The third-order valence-corrected chi connectivity index (χ3v) is 5.09. The normalized spacial score (nSPS) is 15.2. The zero-order chi connectivity index (χ0) is 19.3. The number of nitriles is 1. The summed E-state index contributed by atoms with van der Waals surface area (Å²) in [6.45, 7) is 6.37. The van der Waals surface area contributed by atoms with Gasteiger partial charge in [0.05, 0.1) is 17.8 Å². The highest BCUT2D eigenvalue weighted by molar-refractivity contribution is 5.59. The van der Waals surface area contributed by atoms with Crippen molar-refractivity contribution in [3.05, 3.63) is 65.5 Å². The Hall–Kier alpha value is -3.17. The molecule has 0 amide bonds. The largest absolute Gasteiger partial charge is 0.369 e. The Bertz CT molecular complexity index is 973. The van der Waals surface area contributed by atoms with E-state index in [2.05, 4.69) is 32.9 Å². The van der Waals surface area contributed by atoms with E-state index in [-0.39, 0.29) is 0 Å². The van der Waals surface area contributed by atoms with E-state index < -0.39 is 0 Å². The predicted molar refractivity (Wildman–Crippen MR) is 108 cm³/mol. The van der Waals surface area contributed by atoms with Gasteiger partial charge >= 0.3 is 0 Å². The van der Waals surface area contributed by atoms with E-state index in [4.69, 9.17) is 4.52 Å². The van der Waals surface area contributed by atoms with Gasteiger partial charge in [0.15, 0.2) is 0 Å². The average molecular weight is 373 g/mol. The molecule has 4 rings (SSSR count). The fourth-order valence-corrected chi connectivity index (χ4v) is 3.54. The van der Waals surface area contributed by atoms with E-state index in [1.54, 1.807) is 0 Å². The number of rotatable bonds is 4. The third-order valence-electron chi connectivity index (χ3n) is 5.09. The molecule has 1 aliphatic heterocycles. The van der Waals surface area contributed by atoms with Crippen molar-refractivity contribution in [2.75, 3.05) is 31.1 Å². The first-order valence-corrected chi connectivity index (χ1v) is 9.59. The van der Waals surface area contributed by atoms with Gasteiger partial charge in [0, 0.05) is 31.7 Å². The van der Waals surface area contributed by atoms with Crippen LogP contribution in [0.1, 0.15) is 23.4 Å². The van der Waals surface area contributed by atoms with Gasteiger partial charge in [-0.25, -0.2) is 0 Å². The monoisotopic (exact) mass is 373 g/mol. The number of anilines is 1. The molecule has 1 aliphatic rings. The van der Waals surface area contributed by atoms with Crippen molar-refractivity contribution in [2.45, 2.75) is 19.9 Å². The lowest BCUT2D eigenvalue weighted by Gasteiger charge is -2.24. The van der Waals surface area contributed by atoms with Crippen molar-refractivity contribution in [3.8, 4) is 17.5 Å². The molecular weight excluding hydrogens is 350 g/mol. The number of hydrogen-bond donors (Lipinski definition) is 0. The molecule has 6 nitrogen and oxygen atoms in total. The summed E-state index contributed by atoms with van der Waals surface area (Å²) in [6.07, 6.45) is 1.03. The van der Waals surface area contributed by atoms with Gasteiger partial charge in [-0.1, -0.05) is 47.1 Å². The summed E-state index contributed by atoms with van der Waals surface area (Å²) in [4.78, 5) is 9.19. The smallest absolute Gasteiger partial charge is 0.241 e. The maximum atomic E-state index is 9.36. The minimum atomic E-state index is 0.634. The molecule has 0 aliphatic carbocycles. The van der Waals surface area contributed by atoms with E-state index in [1.807, 2.05) is 48.5 Å². The summed E-state index contributed by atoms with van der Waals surface area (Å²) in [7, 11) is 0. The SMILES string of the molecule is Cc1ccc(-c2noc(CN3CCCN(c4ccccc4C#N)CC3)n2)cc1. The van der Waals surface area contributed by atoms with Gasteiger partial charge < -0.3 is 9.42 Å². The molecule has 1 fully saturated rings. The zero-order valence-corrected chi connectivity index (χ0v) is 16.0. The molecule has 0 radical (unpaired) electrons. The lowest BCUT2D eigenvalue weighted by molar-refractivity contribution is 0.239. The van der Waals surface area contributed by atoms with Crippen LogP contribution in [0.2, 0.25) is 0 Å². The van der Waals surface area contributed by atoms with Gasteiger partial charge in [-0.3, -0.25) is 4.90 Å². The number of nitrogens with zero attached hydrogens (tertiary/aromatic N) is 5. The van der Waals surface area contributed by atoms with Gasteiger partial charge in [0.2, 0.25) is 11.7 Å². The molecule has 0 bridgehead atoms. The van der Waals surface area contributed by atoms with Crippen LogP contribution in [0, 0.1) is 18.3 Å². The minimum absolute atomic E-state index is 0.634. The summed E-state index contributed by atoms with van der Waals surface area (Å²) in [5.41, 5.74) is 3.93. The first-order chi connectivity index (χ1) is 13.7. The summed E-state index contributed by atoms with van der Waals surface area (Å²) >= 11 is 0. The van der Waals surface area contributed by atoms with E-state index in [0.29, 0.717) is 18.3 Å². The lowest BCUT2D eigenvalue weighted by atomic mass is 10.1. The first kappa shape index (κ1) is 18.2. The molecule has 142 valence electrons. The highest BCUT2D eigenvalue weighted by Gasteiger charge is 2.19. The zero-order valence-electron chi connectivity index (χ0n) is 16.0. The maximum Gasteiger partial charge on any atom is 0.241 e. The van der Waals surface area contributed by atoms with Crippen LogP contribution in [0.25, 0.3) is 11.4 Å². The van der Waals surface area contributed by atoms with E-state index in [9.17, 15) is 5.26 Å². The molecule has 3 aromatic rings. The van der Waals surface area contributed by atoms with Crippen LogP contribution in [-0.4, -0.2) is 41.2 Å². The van der Waals surface area contributed by atoms with Crippen molar-refractivity contribution in [1.82, 2.24) is 15.0 Å². The molecule has 0 saturated carbocycles. The van der Waals surface area contributed by atoms with Crippen LogP contribution < -0.4 is 4.90 Å². The molecule has 0 spiro atoms. The van der Waals surface area contributed by atoms with Gasteiger partial charge in [-0.2, -0.15) is 10.2 Å². The molecule has 1 saturated heterocycles. The highest BCUT2D eigenvalue weighted by Crippen LogP contribution is 2.22. The predicted octanol–water partition coefficient (Wildman–Crippen LogP) is 3.63. The quantitative estimate of drug-likeness (QED) is 0.696. The van der Waals surface area contributed by atoms with Crippen LogP contribution in [0.3, 0.4) is 0 Å². The fraction of sp³-hybridized carbons (Fsp3) is 0.318. The Morgan fingerprint density at radius 2 is 1.86 bits per heavy atom. The van der Waals surface area contributed by atoms with Gasteiger partial charge in [0.1, 0.15) is 6.07 Å². The second kappa shape index (κ2) is 8.24. The molecule has 2 heterocycles. The van der Waals surface area contributed by atoms with Crippen molar-refractivity contribution in [2.24, 2.45) is 0 Å². The first-order valence-electron chi connectivity index (χ1n) is 9.59. The summed E-state index contributed by atoms with van der Waals surface area (Å²) in [5, 5.41) is 13.5. The van der Waals surface area contributed by atoms with Crippen LogP contribution in [0.15, 0.2) is 53.1 Å². The molecule has 2 aromatic carbocycles. The van der Waals surface area contributed by atoms with Gasteiger partial charge in [-0.15, -0.1) is 0 Å². The van der Waals surface area contributed by atoms with E-state index in [1.165, 1.54) is 5.56 Å². The van der Waals surface area contributed by atoms with Gasteiger partial charge in [0.25, 0.3) is 0 Å². The Morgan fingerprint density at radius 1 is 1.04 bits per heavy atom. The molecular formula is C22H23N5O. The molecule has 0 atom stereocenters. The molecule has 6 heteroatoms. The summed E-state index contributed by atoms with van der Waals surface area (Å²) in [6, 6.07) is 18.2. The topological polar surface area (TPSA) is 69.2 Å². The Labute approximate surface area is 165 Å². The van der Waals surface area contributed by atoms with Crippen molar-refractivity contribution in [1.29, 1.82) is 5.26 Å². The maximum absolute atomic E-state index is 9.36. The van der Waals surface area contributed by atoms with Crippen LogP contribution in [-0.2, 0) is 6.54 Å². The average Bonchev–Trinajstić information content (AvgIpc) is 3.06. The number of hydrogen-bond acceptors (Lipinski definition) is 6. The lowest BCUT2D eigenvalue weighted by Crippen LogP contribution is -2.31. The Balaban J connectivity index is 1.40. The number of benzene rings is 2. The number of para-hydroxylation sites is 1.